The zero-order valence-corrected chi connectivity index (χ0v) is 14.1. The summed E-state index contributed by atoms with van der Waals surface area (Å²) in [6.45, 7) is 0.768. The van der Waals surface area contributed by atoms with Crippen LogP contribution in [0.15, 0.2) is 18.2 Å². The smallest absolute Gasteiger partial charge is 0.252 e. The number of carbonyl (C=O) groups is 3. The number of hydrogen-bond donors (Lipinski definition) is 1. The number of nitrogens with zero attached hydrogens (tertiary/aromatic N) is 1. The van der Waals surface area contributed by atoms with E-state index >= 15 is 0 Å². The van der Waals surface area contributed by atoms with Crippen LogP contribution in [0.5, 0.6) is 0 Å². The molecular weight excluding hydrogens is 407 g/mol. The van der Waals surface area contributed by atoms with Crippen molar-refractivity contribution in [1.82, 2.24) is 10.2 Å². The van der Waals surface area contributed by atoms with E-state index < -0.39 is 0 Å². The Kier molecular flexibility index (Phi) is 5.58. The number of halogens is 2. The molecule has 1 N–H and O–H groups in total. The van der Waals surface area contributed by atoms with Crippen LogP contribution in [-0.2, 0) is 9.59 Å². The number of carbonyl (C=O) groups excluding carboxylic acids is 3. The molecular formula is C14H14ClIN2O3. The van der Waals surface area contributed by atoms with Gasteiger partial charge in [0.15, 0.2) is 0 Å². The summed E-state index contributed by atoms with van der Waals surface area (Å²) in [5.74, 6) is -0.438. The summed E-state index contributed by atoms with van der Waals surface area (Å²) < 4.78 is 0.780. The maximum absolute atomic E-state index is 12.0. The van der Waals surface area contributed by atoms with Gasteiger partial charge in [-0.05, 0) is 47.2 Å². The van der Waals surface area contributed by atoms with Gasteiger partial charge in [0.05, 0.1) is 5.56 Å². The van der Waals surface area contributed by atoms with Crippen LogP contribution in [0.2, 0.25) is 5.02 Å². The molecule has 0 unspecified atom stereocenters. The van der Waals surface area contributed by atoms with Crippen LogP contribution >= 0.6 is 34.2 Å². The first-order valence-corrected chi connectivity index (χ1v) is 8.01. The summed E-state index contributed by atoms with van der Waals surface area (Å²) in [7, 11) is 0. The van der Waals surface area contributed by atoms with Gasteiger partial charge in [-0.3, -0.25) is 19.3 Å². The van der Waals surface area contributed by atoms with E-state index in [1.54, 1.807) is 18.2 Å². The number of rotatable bonds is 5. The van der Waals surface area contributed by atoms with Crippen LogP contribution in [0.3, 0.4) is 0 Å². The Labute approximate surface area is 141 Å². The molecule has 1 heterocycles. The minimum absolute atomic E-state index is 0.126. The van der Waals surface area contributed by atoms with Crippen LogP contribution < -0.4 is 5.32 Å². The lowest BCUT2D eigenvalue weighted by Crippen LogP contribution is -2.33. The maximum atomic E-state index is 12.0. The molecule has 7 heteroatoms. The van der Waals surface area contributed by atoms with Crippen molar-refractivity contribution in [3.05, 3.63) is 32.4 Å². The number of imide groups is 1. The third-order valence-electron chi connectivity index (χ3n) is 3.17. The molecule has 21 heavy (non-hydrogen) atoms. The third-order valence-corrected chi connectivity index (χ3v) is 4.30. The van der Waals surface area contributed by atoms with Gasteiger partial charge in [-0.25, -0.2) is 0 Å². The molecule has 1 aliphatic heterocycles. The molecule has 1 aromatic carbocycles. The predicted octanol–water partition coefficient (Wildman–Crippen LogP) is 2.21. The Morgan fingerprint density at radius 1 is 1.29 bits per heavy atom. The normalized spacial score (nSPS) is 14.7. The molecule has 1 saturated heterocycles. The van der Waals surface area contributed by atoms with E-state index in [0.29, 0.717) is 42.9 Å². The molecule has 1 aliphatic rings. The standard InChI is InChI=1S/C14H14ClIN2O3/c15-9-2-3-10(11(16)8-9)14(21)17-6-1-7-18-12(19)4-5-13(18)20/h2-3,8H,1,4-7H2,(H,17,21). The van der Waals surface area contributed by atoms with Crippen molar-refractivity contribution in [2.75, 3.05) is 13.1 Å². The zero-order valence-electron chi connectivity index (χ0n) is 11.2. The van der Waals surface area contributed by atoms with Crippen LogP contribution in [-0.4, -0.2) is 35.7 Å². The lowest BCUT2D eigenvalue weighted by atomic mass is 10.2. The highest BCUT2D eigenvalue weighted by atomic mass is 127. The Morgan fingerprint density at radius 3 is 2.57 bits per heavy atom. The van der Waals surface area contributed by atoms with Crippen molar-refractivity contribution in [2.45, 2.75) is 19.3 Å². The first-order chi connectivity index (χ1) is 9.99. The van der Waals surface area contributed by atoms with E-state index in [-0.39, 0.29) is 17.7 Å². The monoisotopic (exact) mass is 420 g/mol. The molecule has 1 aromatic rings. The highest BCUT2D eigenvalue weighted by Gasteiger charge is 2.27. The summed E-state index contributed by atoms with van der Waals surface area (Å²) in [6.07, 6.45) is 1.15. The highest BCUT2D eigenvalue weighted by Crippen LogP contribution is 2.18. The van der Waals surface area contributed by atoms with Crippen molar-refractivity contribution >= 4 is 51.9 Å². The number of nitrogens with one attached hydrogen (secondary N) is 1. The summed E-state index contributed by atoms with van der Waals surface area (Å²) >= 11 is 7.90. The van der Waals surface area contributed by atoms with Gasteiger partial charge in [0.2, 0.25) is 11.8 Å². The molecule has 0 spiro atoms. The summed E-state index contributed by atoms with van der Waals surface area (Å²) in [5, 5.41) is 3.36. The zero-order chi connectivity index (χ0) is 15.4. The second-order valence-electron chi connectivity index (χ2n) is 4.67. The first kappa shape index (κ1) is 16.2. The van der Waals surface area contributed by atoms with E-state index in [2.05, 4.69) is 27.9 Å². The Hall–Kier alpha value is -1.15. The molecule has 3 amide bonds. The number of benzene rings is 1. The van der Waals surface area contributed by atoms with Gasteiger partial charge in [0.1, 0.15) is 0 Å². The van der Waals surface area contributed by atoms with Crippen LogP contribution in [0, 0.1) is 3.57 Å². The molecule has 0 atom stereocenters. The Morgan fingerprint density at radius 2 is 1.95 bits per heavy atom. The van der Waals surface area contributed by atoms with Gasteiger partial charge >= 0.3 is 0 Å². The summed E-state index contributed by atoms with van der Waals surface area (Å²) in [4.78, 5) is 36.1. The first-order valence-electron chi connectivity index (χ1n) is 6.55. The summed E-state index contributed by atoms with van der Waals surface area (Å²) in [6, 6.07) is 5.06. The number of likely N-dealkylation sites (tertiary alicyclic amines) is 1. The van der Waals surface area contributed by atoms with Crippen molar-refractivity contribution in [3.63, 3.8) is 0 Å². The minimum Gasteiger partial charge on any atom is -0.352 e. The van der Waals surface area contributed by atoms with E-state index in [0.717, 1.165) is 3.57 Å². The molecule has 0 saturated carbocycles. The van der Waals surface area contributed by atoms with Gasteiger partial charge in [0, 0.05) is 34.5 Å². The van der Waals surface area contributed by atoms with E-state index in [1.165, 1.54) is 4.90 Å². The highest BCUT2D eigenvalue weighted by molar-refractivity contribution is 14.1. The summed E-state index contributed by atoms with van der Waals surface area (Å²) in [5.41, 5.74) is 0.563. The lowest BCUT2D eigenvalue weighted by molar-refractivity contribution is -0.138. The molecule has 112 valence electrons. The Balaban J connectivity index is 1.79. The van der Waals surface area contributed by atoms with Crippen molar-refractivity contribution in [1.29, 1.82) is 0 Å². The fourth-order valence-corrected chi connectivity index (χ4v) is 3.20. The quantitative estimate of drug-likeness (QED) is 0.451. The Bertz CT molecular complexity index is 576. The average molecular weight is 421 g/mol. The predicted molar refractivity (Wildman–Crippen MR) is 87.1 cm³/mol. The number of amides is 3. The van der Waals surface area contributed by atoms with Gasteiger partial charge < -0.3 is 5.32 Å². The average Bonchev–Trinajstić information content (AvgIpc) is 2.74. The van der Waals surface area contributed by atoms with Gasteiger partial charge in [-0.2, -0.15) is 0 Å². The lowest BCUT2D eigenvalue weighted by Gasteiger charge is -2.13. The van der Waals surface area contributed by atoms with Crippen LogP contribution in [0.4, 0.5) is 0 Å². The second-order valence-corrected chi connectivity index (χ2v) is 6.27. The SMILES string of the molecule is O=C(NCCCN1C(=O)CCC1=O)c1ccc(Cl)cc1I. The maximum Gasteiger partial charge on any atom is 0.252 e. The van der Waals surface area contributed by atoms with Crippen molar-refractivity contribution in [3.8, 4) is 0 Å². The minimum atomic E-state index is -0.185. The van der Waals surface area contributed by atoms with Gasteiger partial charge in [-0.1, -0.05) is 11.6 Å². The van der Waals surface area contributed by atoms with Crippen molar-refractivity contribution in [2.24, 2.45) is 0 Å². The van der Waals surface area contributed by atoms with Gasteiger partial charge in [-0.15, -0.1) is 0 Å². The van der Waals surface area contributed by atoms with E-state index in [9.17, 15) is 14.4 Å². The topological polar surface area (TPSA) is 66.5 Å². The van der Waals surface area contributed by atoms with Crippen LogP contribution in [0.1, 0.15) is 29.6 Å². The fourth-order valence-electron chi connectivity index (χ4n) is 2.08. The largest absolute Gasteiger partial charge is 0.352 e. The van der Waals surface area contributed by atoms with Crippen LogP contribution in [0.25, 0.3) is 0 Å². The van der Waals surface area contributed by atoms with E-state index in [4.69, 9.17) is 11.6 Å². The molecule has 0 bridgehead atoms. The molecule has 0 radical (unpaired) electrons. The molecule has 0 aliphatic carbocycles. The van der Waals surface area contributed by atoms with Crippen molar-refractivity contribution < 1.29 is 14.4 Å². The molecule has 1 fully saturated rings. The van der Waals surface area contributed by atoms with E-state index in [1.807, 2.05) is 0 Å². The fraction of sp³-hybridized carbons (Fsp3) is 0.357. The van der Waals surface area contributed by atoms with Gasteiger partial charge in [0.25, 0.3) is 5.91 Å². The molecule has 5 nitrogen and oxygen atoms in total. The third kappa shape index (κ3) is 4.16. The molecule has 0 aromatic heterocycles. The second kappa shape index (κ2) is 7.22. The number of hydrogen-bond acceptors (Lipinski definition) is 3. The molecule has 2 rings (SSSR count).